The van der Waals surface area contributed by atoms with Crippen molar-refractivity contribution >= 4 is 23.1 Å². The van der Waals surface area contributed by atoms with E-state index >= 15 is 0 Å². The van der Waals surface area contributed by atoms with E-state index in [0.29, 0.717) is 17.8 Å². The summed E-state index contributed by atoms with van der Waals surface area (Å²) in [7, 11) is 1.34. The van der Waals surface area contributed by atoms with Crippen molar-refractivity contribution in [3.63, 3.8) is 0 Å². The minimum atomic E-state index is -0.387. The number of benzene rings is 2. The molecule has 0 saturated heterocycles. The first-order valence-electron chi connectivity index (χ1n) is 8.72. The monoisotopic (exact) mass is 351 g/mol. The van der Waals surface area contributed by atoms with Crippen molar-refractivity contribution in [2.24, 2.45) is 0 Å². The molecule has 1 atom stereocenters. The molecule has 5 nitrogen and oxygen atoms in total. The van der Waals surface area contributed by atoms with Crippen LogP contribution in [0.25, 0.3) is 5.57 Å². The summed E-state index contributed by atoms with van der Waals surface area (Å²) in [6.45, 7) is 2.21. The van der Waals surface area contributed by atoms with Crippen molar-refractivity contribution in [2.75, 3.05) is 32.1 Å². The number of nitrogens with one attached hydrogen (secondary N) is 2. The number of rotatable bonds is 5. The van der Waals surface area contributed by atoms with E-state index in [1.165, 1.54) is 23.1 Å². The van der Waals surface area contributed by atoms with E-state index in [1.807, 2.05) is 18.2 Å². The summed E-state index contributed by atoms with van der Waals surface area (Å²) in [6.07, 6.45) is 3.20. The number of amides is 1. The molecule has 2 aromatic carbocycles. The second-order valence-electron chi connectivity index (χ2n) is 6.34. The number of hydrogen-bond donors (Lipinski definition) is 2. The molecule has 0 saturated carbocycles. The highest BCUT2D eigenvalue weighted by molar-refractivity contribution is 5.93. The van der Waals surface area contributed by atoms with Crippen LogP contribution in [0.3, 0.4) is 0 Å². The van der Waals surface area contributed by atoms with E-state index < -0.39 is 0 Å². The number of carbonyl (C=O) groups is 2. The van der Waals surface area contributed by atoms with Crippen LogP contribution < -0.4 is 10.2 Å². The van der Waals surface area contributed by atoms with Gasteiger partial charge in [0.15, 0.2) is 6.54 Å². The average Bonchev–Trinajstić information content (AvgIpc) is 2.69. The Morgan fingerprint density at radius 2 is 1.81 bits per heavy atom. The number of ether oxygens (including phenoxy) is 1. The first-order chi connectivity index (χ1) is 12.7. The van der Waals surface area contributed by atoms with Crippen molar-refractivity contribution in [1.29, 1.82) is 0 Å². The number of methoxy groups -OCH3 is 1. The summed E-state index contributed by atoms with van der Waals surface area (Å²) in [4.78, 5) is 24.9. The second kappa shape index (κ2) is 8.45. The van der Waals surface area contributed by atoms with Gasteiger partial charge in [0.05, 0.1) is 25.8 Å². The predicted octanol–water partition coefficient (Wildman–Crippen LogP) is 1.78. The fourth-order valence-electron chi connectivity index (χ4n) is 3.10. The van der Waals surface area contributed by atoms with Crippen molar-refractivity contribution < 1.29 is 19.2 Å². The van der Waals surface area contributed by atoms with E-state index in [2.05, 4.69) is 28.3 Å². The van der Waals surface area contributed by atoms with E-state index in [4.69, 9.17) is 0 Å². The molecule has 1 aliphatic heterocycles. The maximum Gasteiger partial charge on any atom is 0.337 e. The van der Waals surface area contributed by atoms with Gasteiger partial charge in [-0.3, -0.25) is 4.79 Å². The van der Waals surface area contributed by atoms with Gasteiger partial charge >= 0.3 is 5.97 Å². The average molecular weight is 351 g/mol. The number of carbonyl (C=O) groups excluding carboxylic acids is 2. The van der Waals surface area contributed by atoms with Crippen molar-refractivity contribution in [2.45, 2.75) is 6.42 Å². The van der Waals surface area contributed by atoms with Gasteiger partial charge < -0.3 is 15.0 Å². The molecule has 0 fully saturated rings. The van der Waals surface area contributed by atoms with Crippen LogP contribution in [-0.2, 0) is 9.53 Å². The number of anilines is 1. The third-order valence-corrected chi connectivity index (χ3v) is 4.53. The van der Waals surface area contributed by atoms with E-state index in [9.17, 15) is 9.59 Å². The third-order valence-electron chi connectivity index (χ3n) is 4.53. The summed E-state index contributed by atoms with van der Waals surface area (Å²) in [5.41, 5.74) is 3.76. The molecule has 2 N–H and O–H groups in total. The molecule has 1 aliphatic rings. The van der Waals surface area contributed by atoms with Gasteiger partial charge in [-0.1, -0.05) is 30.3 Å². The minimum absolute atomic E-state index is 0.0256. The molecule has 3 rings (SSSR count). The fourth-order valence-corrected chi connectivity index (χ4v) is 3.10. The summed E-state index contributed by atoms with van der Waals surface area (Å²) >= 11 is 0. The highest BCUT2D eigenvalue weighted by Gasteiger charge is 2.19. The highest BCUT2D eigenvalue weighted by Crippen LogP contribution is 2.17. The molecule has 134 valence electrons. The van der Waals surface area contributed by atoms with Crippen molar-refractivity contribution in [3.8, 4) is 0 Å². The molecule has 26 heavy (non-hydrogen) atoms. The minimum Gasteiger partial charge on any atom is -0.465 e. The van der Waals surface area contributed by atoms with Crippen LogP contribution in [0, 0.1) is 0 Å². The molecule has 0 aliphatic carbocycles. The van der Waals surface area contributed by atoms with Crippen LogP contribution in [-0.4, -0.2) is 38.6 Å². The first-order valence-corrected chi connectivity index (χ1v) is 8.72. The van der Waals surface area contributed by atoms with Crippen molar-refractivity contribution in [1.82, 2.24) is 0 Å². The lowest BCUT2D eigenvalue weighted by Gasteiger charge is -2.23. The van der Waals surface area contributed by atoms with Crippen LogP contribution in [0.2, 0.25) is 0 Å². The zero-order valence-electron chi connectivity index (χ0n) is 14.8. The maximum atomic E-state index is 12.3. The van der Waals surface area contributed by atoms with Gasteiger partial charge in [0, 0.05) is 12.1 Å². The Morgan fingerprint density at radius 1 is 1.08 bits per heavy atom. The maximum absolute atomic E-state index is 12.3. The first kappa shape index (κ1) is 17.9. The van der Waals surface area contributed by atoms with Crippen LogP contribution in [0.4, 0.5) is 5.69 Å². The highest BCUT2D eigenvalue weighted by atomic mass is 16.5. The topological polar surface area (TPSA) is 59.8 Å². The van der Waals surface area contributed by atoms with Gasteiger partial charge in [-0.2, -0.15) is 0 Å². The zero-order chi connectivity index (χ0) is 18.4. The Labute approximate surface area is 153 Å². The van der Waals surface area contributed by atoms with Gasteiger partial charge in [-0.15, -0.1) is 0 Å². The van der Waals surface area contributed by atoms with Crippen LogP contribution in [0.15, 0.2) is 60.7 Å². The number of esters is 1. The molecule has 0 bridgehead atoms. The lowest BCUT2D eigenvalue weighted by atomic mass is 10.00. The lowest BCUT2D eigenvalue weighted by Crippen LogP contribution is -3.13. The van der Waals surface area contributed by atoms with Crippen molar-refractivity contribution in [3.05, 3.63) is 71.8 Å². The van der Waals surface area contributed by atoms with Gasteiger partial charge in [0.25, 0.3) is 5.91 Å². The van der Waals surface area contributed by atoms with Gasteiger partial charge in [0.1, 0.15) is 0 Å². The van der Waals surface area contributed by atoms with E-state index in [1.54, 1.807) is 24.3 Å². The molecule has 2 aromatic rings. The zero-order valence-corrected chi connectivity index (χ0v) is 14.8. The molecule has 0 aromatic heterocycles. The smallest absolute Gasteiger partial charge is 0.337 e. The fraction of sp³-hybridized carbons (Fsp3) is 0.238. The molecular weight excluding hydrogens is 328 g/mol. The molecule has 1 heterocycles. The predicted molar refractivity (Wildman–Crippen MR) is 101 cm³/mol. The molecule has 1 amide bonds. The van der Waals surface area contributed by atoms with Crippen LogP contribution in [0.1, 0.15) is 22.3 Å². The molecule has 1 unspecified atom stereocenters. The Morgan fingerprint density at radius 3 is 2.42 bits per heavy atom. The van der Waals surface area contributed by atoms with Crippen LogP contribution >= 0.6 is 0 Å². The Bertz CT molecular complexity index is 798. The Balaban J connectivity index is 1.51. The summed E-state index contributed by atoms with van der Waals surface area (Å²) in [5.74, 6) is -0.413. The molecular formula is C21H23N2O3+. The SMILES string of the molecule is COC(=O)c1ccc(NC(=O)C[NH+]2CC=C(c3ccccc3)CC2)cc1. The van der Waals surface area contributed by atoms with E-state index in [0.717, 1.165) is 19.5 Å². The quantitative estimate of drug-likeness (QED) is 0.808. The lowest BCUT2D eigenvalue weighted by molar-refractivity contribution is -0.886. The van der Waals surface area contributed by atoms with Gasteiger partial charge in [-0.25, -0.2) is 4.79 Å². The summed E-state index contributed by atoms with van der Waals surface area (Å²) in [5, 5.41) is 2.88. The van der Waals surface area contributed by atoms with Crippen LogP contribution in [0.5, 0.6) is 0 Å². The third kappa shape index (κ3) is 4.58. The van der Waals surface area contributed by atoms with E-state index in [-0.39, 0.29) is 11.9 Å². The Hall–Kier alpha value is -2.92. The number of quaternary nitrogens is 1. The van der Waals surface area contributed by atoms with Gasteiger partial charge in [0.2, 0.25) is 0 Å². The standard InChI is InChI=1S/C21H22N2O3/c1-26-21(25)18-7-9-19(10-8-18)22-20(24)15-23-13-11-17(12-14-23)16-5-3-2-4-6-16/h2-11H,12-15H2,1H3,(H,22,24)/p+1. The molecule has 0 radical (unpaired) electrons. The Kier molecular flexibility index (Phi) is 5.81. The molecule has 5 heteroatoms. The normalized spacial score (nSPS) is 16.5. The largest absolute Gasteiger partial charge is 0.465 e. The summed E-state index contributed by atoms with van der Waals surface area (Å²) < 4.78 is 4.66. The summed E-state index contributed by atoms with van der Waals surface area (Å²) in [6, 6.07) is 17.1. The molecule has 0 spiro atoms. The van der Waals surface area contributed by atoms with Gasteiger partial charge in [-0.05, 0) is 41.5 Å². The second-order valence-corrected chi connectivity index (χ2v) is 6.34. The number of hydrogen-bond acceptors (Lipinski definition) is 3.